The number of benzene rings is 1. The van der Waals surface area contributed by atoms with Crippen LogP contribution in [0.15, 0.2) is 29.4 Å². The molecule has 0 saturated heterocycles. The molecule has 0 unspecified atom stereocenters. The summed E-state index contributed by atoms with van der Waals surface area (Å²) in [4.78, 5) is 7.59. The first kappa shape index (κ1) is 12.8. The van der Waals surface area contributed by atoms with E-state index in [1.54, 1.807) is 0 Å². The third-order valence-corrected chi connectivity index (χ3v) is 3.75. The van der Waals surface area contributed by atoms with Gasteiger partial charge in [0.2, 0.25) is 0 Å². The van der Waals surface area contributed by atoms with Crippen molar-refractivity contribution in [1.82, 2.24) is 4.98 Å². The number of rotatable bonds is 4. The molecule has 1 aliphatic carbocycles. The number of anilines is 1. The van der Waals surface area contributed by atoms with E-state index in [4.69, 9.17) is 10.5 Å². The molecule has 0 fully saturated rings. The number of para-hydroxylation sites is 1. The van der Waals surface area contributed by atoms with Crippen LogP contribution in [-0.4, -0.2) is 18.1 Å². The molecule has 1 aromatic carbocycles. The van der Waals surface area contributed by atoms with E-state index in [-0.39, 0.29) is 0 Å². The number of aromatic nitrogens is 1. The minimum atomic E-state index is 0.460. The van der Waals surface area contributed by atoms with Crippen LogP contribution in [0, 0.1) is 0 Å². The van der Waals surface area contributed by atoms with E-state index in [2.05, 4.69) is 27.5 Å². The monoisotopic (exact) mass is 267 g/mol. The summed E-state index contributed by atoms with van der Waals surface area (Å²) < 4.78 is 0. The van der Waals surface area contributed by atoms with Gasteiger partial charge in [-0.1, -0.05) is 23.3 Å². The standard InChI is InChI=1S/C15H17N5/c16-20-18-10-9-17-15-11-5-1-3-7-13(11)19-14-8-4-2-6-12(14)15/h1,3,5,7H,2,4,6,8-10H2,(H,17,19). The van der Waals surface area contributed by atoms with Crippen LogP contribution in [0.25, 0.3) is 21.3 Å². The minimum absolute atomic E-state index is 0.460. The van der Waals surface area contributed by atoms with Crippen molar-refractivity contribution in [2.24, 2.45) is 5.11 Å². The first-order chi connectivity index (χ1) is 9.90. The largest absolute Gasteiger partial charge is 0.384 e. The van der Waals surface area contributed by atoms with Gasteiger partial charge in [-0.25, -0.2) is 0 Å². The molecule has 1 aromatic heterocycles. The zero-order valence-corrected chi connectivity index (χ0v) is 11.3. The molecule has 1 heterocycles. The van der Waals surface area contributed by atoms with Crippen LogP contribution in [0.3, 0.4) is 0 Å². The van der Waals surface area contributed by atoms with Gasteiger partial charge in [0, 0.05) is 34.8 Å². The molecule has 1 N–H and O–H groups in total. The Bertz CT molecular complexity index is 673. The quantitative estimate of drug-likeness (QED) is 0.395. The molecule has 1 aliphatic rings. The molecule has 0 bridgehead atoms. The molecule has 2 aromatic rings. The van der Waals surface area contributed by atoms with Gasteiger partial charge in [-0.15, -0.1) is 0 Å². The molecule has 5 heteroatoms. The van der Waals surface area contributed by atoms with Gasteiger partial charge >= 0.3 is 0 Å². The molecule has 0 spiro atoms. The van der Waals surface area contributed by atoms with Crippen LogP contribution in [0.2, 0.25) is 0 Å². The average molecular weight is 267 g/mol. The van der Waals surface area contributed by atoms with Gasteiger partial charge in [0.25, 0.3) is 0 Å². The van der Waals surface area contributed by atoms with Crippen LogP contribution < -0.4 is 5.32 Å². The lowest BCUT2D eigenvalue weighted by atomic mass is 9.92. The maximum atomic E-state index is 8.35. The molecular weight excluding hydrogens is 250 g/mol. The highest BCUT2D eigenvalue weighted by Crippen LogP contribution is 2.32. The highest BCUT2D eigenvalue weighted by atomic mass is 15.1. The predicted molar refractivity (Wildman–Crippen MR) is 80.9 cm³/mol. The van der Waals surface area contributed by atoms with Gasteiger partial charge in [0.15, 0.2) is 0 Å². The van der Waals surface area contributed by atoms with E-state index in [0.717, 1.165) is 23.7 Å². The summed E-state index contributed by atoms with van der Waals surface area (Å²) in [6, 6.07) is 8.22. The number of nitrogens with one attached hydrogen (secondary N) is 1. The smallest absolute Gasteiger partial charge is 0.0726 e. The summed E-state index contributed by atoms with van der Waals surface area (Å²) in [6.45, 7) is 1.12. The molecule has 102 valence electrons. The Morgan fingerprint density at radius 1 is 1.25 bits per heavy atom. The maximum absolute atomic E-state index is 8.35. The van der Waals surface area contributed by atoms with E-state index in [9.17, 15) is 0 Å². The number of pyridine rings is 1. The Morgan fingerprint density at radius 3 is 3.00 bits per heavy atom. The number of hydrogen-bond acceptors (Lipinski definition) is 3. The van der Waals surface area contributed by atoms with Gasteiger partial charge in [-0.3, -0.25) is 4.98 Å². The fraction of sp³-hybridized carbons (Fsp3) is 0.400. The first-order valence-corrected chi connectivity index (χ1v) is 7.05. The molecule has 20 heavy (non-hydrogen) atoms. The van der Waals surface area contributed by atoms with Gasteiger partial charge in [-0.2, -0.15) is 0 Å². The summed E-state index contributed by atoms with van der Waals surface area (Å²) in [5.41, 5.74) is 13.1. The van der Waals surface area contributed by atoms with Crippen LogP contribution in [-0.2, 0) is 12.8 Å². The molecule has 3 rings (SSSR count). The van der Waals surface area contributed by atoms with Crippen molar-refractivity contribution < 1.29 is 0 Å². The Hall–Kier alpha value is -2.26. The lowest BCUT2D eigenvalue weighted by Gasteiger charge is -2.21. The Labute approximate surface area is 117 Å². The van der Waals surface area contributed by atoms with Crippen molar-refractivity contribution in [1.29, 1.82) is 0 Å². The highest BCUT2D eigenvalue weighted by Gasteiger charge is 2.17. The number of nitrogens with zero attached hydrogens (tertiary/aromatic N) is 4. The van der Waals surface area contributed by atoms with Crippen LogP contribution in [0.1, 0.15) is 24.1 Å². The van der Waals surface area contributed by atoms with E-state index in [0.29, 0.717) is 13.1 Å². The van der Waals surface area contributed by atoms with Crippen molar-refractivity contribution in [3.05, 3.63) is 46.0 Å². The zero-order chi connectivity index (χ0) is 13.8. The number of azide groups is 1. The molecule has 0 atom stereocenters. The Balaban J connectivity index is 2.03. The van der Waals surface area contributed by atoms with Gasteiger partial charge in [-0.05, 0) is 42.8 Å². The summed E-state index contributed by atoms with van der Waals surface area (Å²) in [7, 11) is 0. The van der Waals surface area contributed by atoms with E-state index >= 15 is 0 Å². The average Bonchev–Trinajstić information content (AvgIpc) is 2.50. The summed E-state index contributed by atoms with van der Waals surface area (Å²) in [5.74, 6) is 0. The van der Waals surface area contributed by atoms with Crippen LogP contribution in [0.4, 0.5) is 5.69 Å². The van der Waals surface area contributed by atoms with Gasteiger partial charge in [0.05, 0.1) is 5.52 Å². The van der Waals surface area contributed by atoms with Crippen molar-refractivity contribution >= 4 is 16.6 Å². The number of aryl methyl sites for hydroxylation is 1. The second-order valence-electron chi connectivity index (χ2n) is 5.02. The van der Waals surface area contributed by atoms with Gasteiger partial charge in [0.1, 0.15) is 0 Å². The highest BCUT2D eigenvalue weighted by molar-refractivity contribution is 5.93. The maximum Gasteiger partial charge on any atom is 0.0726 e. The lowest BCUT2D eigenvalue weighted by Crippen LogP contribution is -2.13. The fourth-order valence-electron chi connectivity index (χ4n) is 2.85. The van der Waals surface area contributed by atoms with E-state index in [1.165, 1.54) is 29.8 Å². The Kier molecular flexibility index (Phi) is 3.70. The first-order valence-electron chi connectivity index (χ1n) is 7.05. The lowest BCUT2D eigenvalue weighted by molar-refractivity contribution is 0.672. The third-order valence-electron chi connectivity index (χ3n) is 3.75. The summed E-state index contributed by atoms with van der Waals surface area (Å²) in [5, 5.41) is 8.19. The molecule has 0 amide bonds. The molecular formula is C15H17N5. The van der Waals surface area contributed by atoms with E-state index < -0.39 is 0 Å². The van der Waals surface area contributed by atoms with E-state index in [1.807, 2.05) is 12.1 Å². The molecule has 5 nitrogen and oxygen atoms in total. The van der Waals surface area contributed by atoms with Crippen molar-refractivity contribution in [3.8, 4) is 0 Å². The van der Waals surface area contributed by atoms with Crippen molar-refractivity contribution in [2.45, 2.75) is 25.7 Å². The van der Waals surface area contributed by atoms with Crippen molar-refractivity contribution in [2.75, 3.05) is 18.4 Å². The summed E-state index contributed by atoms with van der Waals surface area (Å²) >= 11 is 0. The SMILES string of the molecule is [N-]=[N+]=NCCNc1c2c(nc3ccccc13)CCCC2. The predicted octanol–water partition coefficient (Wildman–Crippen LogP) is 3.84. The molecule has 0 saturated carbocycles. The summed E-state index contributed by atoms with van der Waals surface area (Å²) in [6.07, 6.45) is 4.58. The second-order valence-corrected chi connectivity index (χ2v) is 5.02. The molecule has 0 aliphatic heterocycles. The second kappa shape index (κ2) is 5.80. The topological polar surface area (TPSA) is 73.7 Å². The number of hydrogen-bond donors (Lipinski definition) is 1. The third kappa shape index (κ3) is 2.40. The fourth-order valence-corrected chi connectivity index (χ4v) is 2.85. The Morgan fingerprint density at radius 2 is 2.10 bits per heavy atom. The normalized spacial score (nSPS) is 13.6. The van der Waals surface area contributed by atoms with Gasteiger partial charge < -0.3 is 5.32 Å². The minimum Gasteiger partial charge on any atom is -0.384 e. The zero-order valence-electron chi connectivity index (χ0n) is 11.3. The van der Waals surface area contributed by atoms with Crippen LogP contribution >= 0.6 is 0 Å². The number of fused-ring (bicyclic) bond motifs is 2. The molecule has 0 radical (unpaired) electrons. The van der Waals surface area contributed by atoms with Crippen molar-refractivity contribution in [3.63, 3.8) is 0 Å². The van der Waals surface area contributed by atoms with Crippen LogP contribution in [0.5, 0.6) is 0 Å².